The third-order valence-corrected chi connectivity index (χ3v) is 4.11. The summed E-state index contributed by atoms with van der Waals surface area (Å²) in [6.45, 7) is 0. The molecule has 2 heterocycles. The Hall–Kier alpha value is -2.05. The minimum atomic E-state index is -2.74. The zero-order valence-corrected chi connectivity index (χ0v) is 10.4. The number of nitrogens with zero attached hydrogens (tertiary/aromatic N) is 1. The van der Waals surface area contributed by atoms with E-state index in [-0.39, 0.29) is 37.2 Å². The van der Waals surface area contributed by atoms with Crippen LogP contribution in [0.25, 0.3) is 0 Å². The van der Waals surface area contributed by atoms with E-state index in [0.29, 0.717) is 11.4 Å². The monoisotopic (exact) mass is 282 g/mol. The van der Waals surface area contributed by atoms with Crippen LogP contribution in [0.5, 0.6) is 0 Å². The van der Waals surface area contributed by atoms with E-state index in [0.717, 1.165) is 6.20 Å². The first-order valence-corrected chi connectivity index (χ1v) is 6.27. The Morgan fingerprint density at radius 2 is 1.95 bits per heavy atom. The van der Waals surface area contributed by atoms with Gasteiger partial charge in [0.1, 0.15) is 0 Å². The minimum absolute atomic E-state index is 0.0260. The van der Waals surface area contributed by atoms with Gasteiger partial charge in [0.2, 0.25) is 11.8 Å². The zero-order chi connectivity index (χ0) is 14.5. The molecule has 20 heavy (non-hydrogen) atoms. The Kier molecular flexibility index (Phi) is 2.57. The zero-order valence-electron chi connectivity index (χ0n) is 10.4. The average Bonchev–Trinajstić information content (AvgIpc) is 2.65. The van der Waals surface area contributed by atoms with Crippen molar-refractivity contribution in [2.45, 2.75) is 37.0 Å². The van der Waals surface area contributed by atoms with Gasteiger partial charge < -0.3 is 10.4 Å². The molecule has 0 aromatic carbocycles. The van der Waals surface area contributed by atoms with Crippen LogP contribution in [0.2, 0.25) is 0 Å². The number of nitrogens with one attached hydrogen (secondary N) is 1. The maximum Gasteiger partial charge on any atom is 0.337 e. The summed E-state index contributed by atoms with van der Waals surface area (Å²) in [5, 5.41) is 11.5. The third-order valence-electron chi connectivity index (χ3n) is 4.11. The Morgan fingerprint density at radius 3 is 2.55 bits per heavy atom. The number of pyridine rings is 1. The average molecular weight is 282 g/mol. The van der Waals surface area contributed by atoms with Crippen LogP contribution in [0.4, 0.5) is 14.5 Å². The third kappa shape index (κ3) is 1.76. The molecule has 0 radical (unpaired) electrons. The molecule has 106 valence electrons. The minimum Gasteiger partial charge on any atom is -0.478 e. The summed E-state index contributed by atoms with van der Waals surface area (Å²) in [5.74, 6) is -4.25. The van der Waals surface area contributed by atoms with Gasteiger partial charge in [-0.3, -0.25) is 9.78 Å². The fraction of sp³-hybridized carbons (Fsp3) is 0.462. The molecule has 1 aliphatic carbocycles. The lowest BCUT2D eigenvalue weighted by atomic mass is 9.71. The number of alkyl halides is 2. The number of carbonyl (C=O) groups excluding carboxylic acids is 1. The Bertz CT molecular complexity index is 606. The number of halogens is 2. The van der Waals surface area contributed by atoms with Gasteiger partial charge in [0.05, 0.1) is 22.4 Å². The maximum absolute atomic E-state index is 13.3. The smallest absolute Gasteiger partial charge is 0.337 e. The van der Waals surface area contributed by atoms with Gasteiger partial charge in [0, 0.05) is 19.0 Å². The van der Waals surface area contributed by atoms with Crippen molar-refractivity contribution in [1.82, 2.24) is 4.98 Å². The number of hydrogen-bond acceptors (Lipinski definition) is 3. The van der Waals surface area contributed by atoms with Crippen LogP contribution in [0.15, 0.2) is 12.3 Å². The maximum atomic E-state index is 13.3. The first-order chi connectivity index (χ1) is 9.34. The molecule has 1 aromatic rings. The molecule has 1 amide bonds. The van der Waals surface area contributed by atoms with Crippen molar-refractivity contribution in [2.75, 3.05) is 5.32 Å². The van der Waals surface area contributed by atoms with Gasteiger partial charge in [0.15, 0.2) is 0 Å². The molecule has 2 N–H and O–H groups in total. The van der Waals surface area contributed by atoms with Gasteiger partial charge in [-0.2, -0.15) is 0 Å². The lowest BCUT2D eigenvalue weighted by molar-refractivity contribution is -0.126. The molecule has 2 aliphatic rings. The second-order valence-corrected chi connectivity index (χ2v) is 5.32. The van der Waals surface area contributed by atoms with Gasteiger partial charge in [-0.1, -0.05) is 0 Å². The highest BCUT2D eigenvalue weighted by Gasteiger charge is 2.53. The standard InChI is InChI=1S/C13H12F2N2O3/c14-13(15)3-1-12(2-4-13)9-8(17-11(12)20)5-7(6-16-9)10(18)19/h5-6H,1-4H2,(H,17,20)(H,18,19). The molecule has 3 rings (SSSR count). The topological polar surface area (TPSA) is 79.3 Å². The predicted octanol–water partition coefficient (Wildman–Crippen LogP) is 2.18. The van der Waals surface area contributed by atoms with E-state index in [2.05, 4.69) is 10.3 Å². The number of carboxylic acids is 1. The molecule has 0 saturated heterocycles. The van der Waals surface area contributed by atoms with E-state index in [9.17, 15) is 18.4 Å². The molecule has 0 atom stereocenters. The number of carboxylic acid groups (broad SMARTS) is 1. The molecule has 5 nitrogen and oxygen atoms in total. The van der Waals surface area contributed by atoms with E-state index in [1.165, 1.54) is 6.07 Å². The summed E-state index contributed by atoms with van der Waals surface area (Å²) in [5.41, 5.74) is -0.362. The summed E-state index contributed by atoms with van der Waals surface area (Å²) in [6.07, 6.45) is 0.497. The fourth-order valence-electron chi connectivity index (χ4n) is 2.91. The molecular formula is C13H12F2N2O3. The van der Waals surface area contributed by atoms with Crippen molar-refractivity contribution in [3.05, 3.63) is 23.5 Å². The number of amides is 1. The first-order valence-electron chi connectivity index (χ1n) is 6.27. The number of aromatic carboxylic acids is 1. The van der Waals surface area contributed by atoms with Crippen LogP contribution in [0.3, 0.4) is 0 Å². The number of hydrogen-bond donors (Lipinski definition) is 2. The van der Waals surface area contributed by atoms with Gasteiger partial charge >= 0.3 is 5.97 Å². The van der Waals surface area contributed by atoms with E-state index < -0.39 is 17.3 Å². The van der Waals surface area contributed by atoms with E-state index >= 15 is 0 Å². The highest BCUT2D eigenvalue weighted by atomic mass is 19.3. The molecule has 1 saturated carbocycles. The van der Waals surface area contributed by atoms with E-state index in [1.54, 1.807) is 0 Å². The van der Waals surface area contributed by atoms with Gasteiger partial charge in [-0.15, -0.1) is 0 Å². The van der Waals surface area contributed by atoms with Gasteiger partial charge in [0.25, 0.3) is 0 Å². The summed E-state index contributed by atoms with van der Waals surface area (Å²) in [6, 6.07) is 1.32. The SMILES string of the molecule is O=C(O)c1cnc2c(c1)NC(=O)C21CCC(F)(F)CC1. The molecule has 1 fully saturated rings. The van der Waals surface area contributed by atoms with Crippen LogP contribution < -0.4 is 5.32 Å². The highest BCUT2D eigenvalue weighted by Crippen LogP contribution is 2.50. The highest BCUT2D eigenvalue weighted by molar-refractivity contribution is 6.06. The largest absolute Gasteiger partial charge is 0.478 e. The van der Waals surface area contributed by atoms with Crippen molar-refractivity contribution >= 4 is 17.6 Å². The van der Waals surface area contributed by atoms with Crippen LogP contribution in [0, 0.1) is 0 Å². The second-order valence-electron chi connectivity index (χ2n) is 5.32. The van der Waals surface area contributed by atoms with Crippen molar-refractivity contribution < 1.29 is 23.5 Å². The quantitative estimate of drug-likeness (QED) is 0.827. The number of anilines is 1. The molecule has 1 aliphatic heterocycles. The molecule has 0 unspecified atom stereocenters. The first kappa shape index (κ1) is 13.0. The second kappa shape index (κ2) is 3.97. The molecule has 0 bridgehead atoms. The van der Waals surface area contributed by atoms with Crippen LogP contribution in [-0.2, 0) is 10.2 Å². The number of fused-ring (bicyclic) bond motifs is 2. The molecular weight excluding hydrogens is 270 g/mol. The van der Waals surface area contributed by atoms with Gasteiger partial charge in [-0.25, -0.2) is 13.6 Å². The number of rotatable bonds is 1. The number of carbonyl (C=O) groups is 2. The lowest BCUT2D eigenvalue weighted by Crippen LogP contribution is -2.42. The molecule has 1 aromatic heterocycles. The van der Waals surface area contributed by atoms with Gasteiger partial charge in [-0.05, 0) is 18.9 Å². The summed E-state index contributed by atoms with van der Waals surface area (Å²) in [7, 11) is 0. The van der Waals surface area contributed by atoms with E-state index in [1.807, 2.05) is 0 Å². The predicted molar refractivity (Wildman–Crippen MR) is 64.9 cm³/mol. The van der Waals surface area contributed by atoms with Crippen molar-refractivity contribution in [3.63, 3.8) is 0 Å². The molecule has 1 spiro atoms. The van der Waals surface area contributed by atoms with E-state index in [4.69, 9.17) is 5.11 Å². The number of aromatic nitrogens is 1. The Labute approximate surface area is 113 Å². The summed E-state index contributed by atoms with van der Waals surface area (Å²) in [4.78, 5) is 27.1. The van der Waals surface area contributed by atoms with Crippen molar-refractivity contribution in [1.29, 1.82) is 0 Å². The molecule has 7 heteroatoms. The Balaban J connectivity index is 2.01. The van der Waals surface area contributed by atoms with Crippen molar-refractivity contribution in [3.8, 4) is 0 Å². The van der Waals surface area contributed by atoms with Crippen LogP contribution in [-0.4, -0.2) is 27.9 Å². The van der Waals surface area contributed by atoms with Crippen LogP contribution in [0.1, 0.15) is 41.7 Å². The Morgan fingerprint density at radius 1 is 1.30 bits per heavy atom. The summed E-state index contributed by atoms with van der Waals surface area (Å²) < 4.78 is 26.6. The van der Waals surface area contributed by atoms with Crippen LogP contribution >= 0.6 is 0 Å². The fourth-order valence-corrected chi connectivity index (χ4v) is 2.91. The lowest BCUT2D eigenvalue weighted by Gasteiger charge is -2.34. The van der Waals surface area contributed by atoms with Crippen molar-refractivity contribution in [2.24, 2.45) is 0 Å². The summed E-state index contributed by atoms with van der Waals surface area (Å²) >= 11 is 0. The normalized spacial score (nSPS) is 22.4.